The quantitative estimate of drug-likeness (QED) is 0.847. The number of hydrogen-bond donors (Lipinski definition) is 1. The van der Waals surface area contributed by atoms with E-state index in [2.05, 4.69) is 4.98 Å². The van der Waals surface area contributed by atoms with Crippen LogP contribution in [0.3, 0.4) is 0 Å². The number of piperidine rings is 1. The van der Waals surface area contributed by atoms with Crippen molar-refractivity contribution in [1.29, 1.82) is 0 Å². The summed E-state index contributed by atoms with van der Waals surface area (Å²) in [6.45, 7) is 3.08. The summed E-state index contributed by atoms with van der Waals surface area (Å²) in [7, 11) is 1.39. The van der Waals surface area contributed by atoms with Gasteiger partial charge in [0.15, 0.2) is 0 Å². The van der Waals surface area contributed by atoms with Crippen LogP contribution < -0.4 is 16.1 Å². The van der Waals surface area contributed by atoms with Crippen LogP contribution in [0.5, 0.6) is 0 Å². The summed E-state index contributed by atoms with van der Waals surface area (Å²) in [5, 5.41) is 0. The molecule has 0 radical (unpaired) electrons. The van der Waals surface area contributed by atoms with Gasteiger partial charge >= 0.3 is 11.7 Å². The van der Waals surface area contributed by atoms with Crippen LogP contribution in [0.15, 0.2) is 39.9 Å². The van der Waals surface area contributed by atoms with Crippen LogP contribution in [0, 0.1) is 12.8 Å². The molecule has 0 bridgehead atoms. The standard InChI is InChI=1S/C18H21N3O4/c1-12-4-3-5-14(10-12)21-16(22)11-15(19-18(21)24)20-8-6-13(7-9-20)17(23)25-2/h3-5,10-11,13H,6-9H2,1-2H3,(H,19,24). The smallest absolute Gasteiger partial charge is 0.334 e. The lowest BCUT2D eigenvalue weighted by molar-refractivity contribution is -0.146. The third kappa shape index (κ3) is 3.50. The Labute approximate surface area is 144 Å². The molecule has 2 heterocycles. The second-order valence-electron chi connectivity index (χ2n) is 6.26. The minimum atomic E-state index is -0.469. The second-order valence-corrected chi connectivity index (χ2v) is 6.26. The first-order valence-corrected chi connectivity index (χ1v) is 8.26. The SMILES string of the molecule is COC(=O)C1CCN(c2cc(=O)n(-c3cccc(C)c3)c(=O)[nH]2)CC1. The Hall–Kier alpha value is -2.83. The summed E-state index contributed by atoms with van der Waals surface area (Å²) in [5.41, 5.74) is 0.669. The van der Waals surface area contributed by atoms with Crippen molar-refractivity contribution in [2.24, 2.45) is 5.92 Å². The average molecular weight is 343 g/mol. The van der Waals surface area contributed by atoms with Crippen molar-refractivity contribution >= 4 is 11.8 Å². The molecule has 1 aromatic heterocycles. The molecule has 0 atom stereocenters. The first-order chi connectivity index (χ1) is 12.0. The maximum absolute atomic E-state index is 12.5. The zero-order chi connectivity index (χ0) is 18.0. The molecule has 1 fully saturated rings. The van der Waals surface area contributed by atoms with Crippen LogP contribution in [0.4, 0.5) is 5.82 Å². The number of H-pyrrole nitrogens is 1. The molecule has 1 aromatic carbocycles. The lowest BCUT2D eigenvalue weighted by atomic mass is 9.97. The summed E-state index contributed by atoms with van der Waals surface area (Å²) >= 11 is 0. The topological polar surface area (TPSA) is 84.4 Å². The van der Waals surface area contributed by atoms with Crippen molar-refractivity contribution < 1.29 is 9.53 Å². The molecule has 25 heavy (non-hydrogen) atoms. The van der Waals surface area contributed by atoms with E-state index in [1.165, 1.54) is 13.2 Å². The fourth-order valence-corrected chi connectivity index (χ4v) is 3.19. The van der Waals surface area contributed by atoms with Crippen molar-refractivity contribution in [2.45, 2.75) is 19.8 Å². The molecule has 0 amide bonds. The molecule has 1 saturated heterocycles. The van der Waals surface area contributed by atoms with E-state index in [0.29, 0.717) is 37.4 Å². The number of rotatable bonds is 3. The van der Waals surface area contributed by atoms with Gasteiger partial charge in [0.1, 0.15) is 5.82 Å². The van der Waals surface area contributed by atoms with Crippen LogP contribution in [-0.2, 0) is 9.53 Å². The van der Waals surface area contributed by atoms with Crippen molar-refractivity contribution in [2.75, 3.05) is 25.1 Å². The first kappa shape index (κ1) is 17.0. The number of aryl methyl sites for hydroxylation is 1. The monoisotopic (exact) mass is 343 g/mol. The second kappa shape index (κ2) is 6.96. The van der Waals surface area contributed by atoms with E-state index in [-0.39, 0.29) is 17.4 Å². The lowest BCUT2D eigenvalue weighted by Gasteiger charge is -2.31. The maximum atomic E-state index is 12.5. The number of carbonyl (C=O) groups excluding carboxylic acids is 1. The third-order valence-electron chi connectivity index (χ3n) is 4.55. The largest absolute Gasteiger partial charge is 0.469 e. The zero-order valence-electron chi connectivity index (χ0n) is 14.3. The van der Waals surface area contributed by atoms with Gasteiger partial charge in [0.25, 0.3) is 5.56 Å². The van der Waals surface area contributed by atoms with E-state index < -0.39 is 5.69 Å². The number of esters is 1. The fraction of sp³-hybridized carbons (Fsp3) is 0.389. The Morgan fingerprint density at radius 3 is 2.52 bits per heavy atom. The van der Waals surface area contributed by atoms with Crippen molar-refractivity contribution in [3.8, 4) is 5.69 Å². The predicted molar refractivity (Wildman–Crippen MR) is 94.3 cm³/mol. The molecule has 1 N–H and O–H groups in total. The van der Waals surface area contributed by atoms with Crippen LogP contribution in [0.25, 0.3) is 5.69 Å². The third-order valence-corrected chi connectivity index (χ3v) is 4.55. The van der Waals surface area contributed by atoms with E-state index in [9.17, 15) is 14.4 Å². The van der Waals surface area contributed by atoms with Crippen LogP contribution >= 0.6 is 0 Å². The number of hydrogen-bond acceptors (Lipinski definition) is 5. The number of methoxy groups -OCH3 is 1. The zero-order valence-corrected chi connectivity index (χ0v) is 14.3. The summed E-state index contributed by atoms with van der Waals surface area (Å²) in [6, 6.07) is 8.66. The number of benzene rings is 1. The molecule has 2 aromatic rings. The Balaban J connectivity index is 1.85. The molecule has 1 aliphatic heterocycles. The van der Waals surface area contributed by atoms with Gasteiger partial charge in [-0.15, -0.1) is 0 Å². The number of aromatic nitrogens is 2. The number of nitrogens with one attached hydrogen (secondary N) is 1. The van der Waals surface area contributed by atoms with Crippen LogP contribution in [0.2, 0.25) is 0 Å². The highest BCUT2D eigenvalue weighted by molar-refractivity contribution is 5.72. The molecule has 7 nitrogen and oxygen atoms in total. The summed E-state index contributed by atoms with van der Waals surface area (Å²) in [5.74, 6) is 0.158. The molecule has 1 aliphatic rings. The number of aromatic amines is 1. The maximum Gasteiger partial charge on any atom is 0.334 e. The molecule has 0 aliphatic carbocycles. The van der Waals surface area contributed by atoms with Gasteiger partial charge in [0.05, 0.1) is 18.7 Å². The van der Waals surface area contributed by atoms with Gasteiger partial charge in [0.2, 0.25) is 0 Å². The molecule has 0 spiro atoms. The first-order valence-electron chi connectivity index (χ1n) is 8.26. The number of nitrogens with zero attached hydrogens (tertiary/aromatic N) is 2. The van der Waals surface area contributed by atoms with Crippen LogP contribution in [-0.4, -0.2) is 35.7 Å². The minimum absolute atomic E-state index is 0.124. The van der Waals surface area contributed by atoms with Crippen molar-refractivity contribution in [1.82, 2.24) is 9.55 Å². The number of carbonyl (C=O) groups is 1. The van der Waals surface area contributed by atoms with Crippen LogP contribution in [0.1, 0.15) is 18.4 Å². The molecular weight excluding hydrogens is 322 g/mol. The highest BCUT2D eigenvalue weighted by atomic mass is 16.5. The summed E-state index contributed by atoms with van der Waals surface area (Å²) < 4.78 is 5.90. The van der Waals surface area contributed by atoms with Gasteiger partial charge in [-0.3, -0.25) is 14.6 Å². The van der Waals surface area contributed by atoms with E-state index in [0.717, 1.165) is 10.1 Å². The Bertz CT molecular complexity index is 860. The minimum Gasteiger partial charge on any atom is -0.469 e. The van der Waals surface area contributed by atoms with Crippen molar-refractivity contribution in [3.63, 3.8) is 0 Å². The predicted octanol–water partition coefficient (Wildman–Crippen LogP) is 1.22. The van der Waals surface area contributed by atoms with Gasteiger partial charge in [-0.1, -0.05) is 12.1 Å². The van der Waals surface area contributed by atoms with Gasteiger partial charge in [-0.2, -0.15) is 0 Å². The van der Waals surface area contributed by atoms with E-state index in [1.807, 2.05) is 24.0 Å². The average Bonchev–Trinajstić information content (AvgIpc) is 2.60. The van der Waals surface area contributed by atoms with E-state index in [1.54, 1.807) is 12.1 Å². The van der Waals surface area contributed by atoms with Gasteiger partial charge in [0, 0.05) is 19.2 Å². The highest BCUT2D eigenvalue weighted by Gasteiger charge is 2.26. The Morgan fingerprint density at radius 1 is 1.20 bits per heavy atom. The molecule has 7 heteroatoms. The van der Waals surface area contributed by atoms with Gasteiger partial charge in [-0.25, -0.2) is 9.36 Å². The molecule has 132 valence electrons. The Kier molecular flexibility index (Phi) is 4.74. The molecular formula is C18H21N3O4. The Morgan fingerprint density at radius 2 is 1.92 bits per heavy atom. The van der Waals surface area contributed by atoms with E-state index in [4.69, 9.17) is 4.74 Å². The number of anilines is 1. The normalized spacial score (nSPS) is 15.2. The van der Waals surface area contributed by atoms with Crippen molar-refractivity contribution in [3.05, 3.63) is 56.7 Å². The molecule has 0 unspecified atom stereocenters. The molecule has 0 saturated carbocycles. The van der Waals surface area contributed by atoms with E-state index >= 15 is 0 Å². The summed E-state index contributed by atoms with van der Waals surface area (Å²) in [6.07, 6.45) is 1.27. The van der Waals surface area contributed by atoms with Gasteiger partial charge < -0.3 is 9.64 Å². The van der Waals surface area contributed by atoms with Gasteiger partial charge in [-0.05, 0) is 37.5 Å². The molecule has 3 rings (SSSR count). The number of ether oxygens (including phenoxy) is 1. The fourth-order valence-electron chi connectivity index (χ4n) is 3.19. The lowest BCUT2D eigenvalue weighted by Crippen LogP contribution is -2.41. The highest BCUT2D eigenvalue weighted by Crippen LogP contribution is 2.21. The summed E-state index contributed by atoms with van der Waals surface area (Å²) in [4.78, 5) is 41.2.